The van der Waals surface area contributed by atoms with Crippen LogP contribution in [0.1, 0.15) is 25.0 Å². The highest BCUT2D eigenvalue weighted by atomic mass is 16.2. The monoisotopic (exact) mass is 215 g/mol. The van der Waals surface area contributed by atoms with E-state index < -0.39 is 0 Å². The molecule has 0 spiro atoms. The Balaban J connectivity index is 2.48. The van der Waals surface area contributed by atoms with Crippen molar-refractivity contribution in [1.82, 2.24) is 0 Å². The molecule has 0 radical (unpaired) electrons. The molecule has 0 aliphatic carbocycles. The molecule has 2 rings (SSSR count). The van der Waals surface area contributed by atoms with Gasteiger partial charge < -0.3 is 4.90 Å². The van der Waals surface area contributed by atoms with Crippen LogP contribution in [-0.2, 0) is 17.6 Å². The quantitative estimate of drug-likeness (QED) is 0.759. The number of carbonyl (C=O) groups excluding carboxylic acids is 1. The Hall–Kier alpha value is -1.57. The number of anilines is 1. The van der Waals surface area contributed by atoms with Crippen LogP contribution in [-0.4, -0.2) is 12.5 Å². The van der Waals surface area contributed by atoms with Gasteiger partial charge in [0.2, 0.25) is 0 Å². The molecule has 0 saturated carbocycles. The normalized spacial score (nSPS) is 14.9. The largest absolute Gasteiger partial charge is 0.305 e. The maximum absolute atomic E-state index is 11.8. The van der Waals surface area contributed by atoms with Gasteiger partial charge in [-0.25, -0.2) is 0 Å². The molecule has 0 saturated heterocycles. The van der Waals surface area contributed by atoms with Gasteiger partial charge in [0.1, 0.15) is 0 Å². The smallest absolute Gasteiger partial charge is 0.251 e. The molecular weight excluding hydrogens is 198 g/mol. The van der Waals surface area contributed by atoms with Crippen molar-refractivity contribution in [2.45, 2.75) is 26.7 Å². The average molecular weight is 215 g/mol. The number of hydrogen-bond donors (Lipinski definition) is 0. The number of carbonyl (C=O) groups is 1. The Morgan fingerprint density at radius 3 is 2.25 bits per heavy atom. The van der Waals surface area contributed by atoms with Crippen LogP contribution >= 0.6 is 0 Å². The molecule has 0 fully saturated rings. The third kappa shape index (κ3) is 1.75. The van der Waals surface area contributed by atoms with E-state index in [0.717, 1.165) is 18.5 Å². The SMILES string of the molecule is CCc1cccc(CC)c1N1CC=CC1=O. The summed E-state index contributed by atoms with van der Waals surface area (Å²) in [4.78, 5) is 13.6. The topological polar surface area (TPSA) is 20.3 Å². The second kappa shape index (κ2) is 4.52. The number of nitrogens with zero attached hydrogens (tertiary/aromatic N) is 1. The molecule has 0 atom stereocenters. The van der Waals surface area contributed by atoms with Gasteiger partial charge in [-0.2, -0.15) is 0 Å². The summed E-state index contributed by atoms with van der Waals surface area (Å²) in [5.41, 5.74) is 3.65. The maximum Gasteiger partial charge on any atom is 0.251 e. The molecule has 1 aromatic rings. The van der Waals surface area contributed by atoms with Crippen molar-refractivity contribution in [3.05, 3.63) is 41.5 Å². The van der Waals surface area contributed by atoms with Crippen molar-refractivity contribution in [1.29, 1.82) is 0 Å². The molecule has 1 amide bonds. The van der Waals surface area contributed by atoms with Crippen molar-refractivity contribution in [2.75, 3.05) is 11.4 Å². The standard InChI is InChI=1S/C14H17NO/c1-3-11-7-5-8-12(4-2)14(11)15-10-6-9-13(15)16/h5-9H,3-4,10H2,1-2H3. The fourth-order valence-electron chi connectivity index (χ4n) is 2.20. The summed E-state index contributed by atoms with van der Waals surface area (Å²) in [5.74, 6) is 0.107. The molecular formula is C14H17NO. The Labute approximate surface area is 96.6 Å². The predicted molar refractivity (Wildman–Crippen MR) is 66.7 cm³/mol. The average Bonchev–Trinajstić information content (AvgIpc) is 2.74. The molecule has 1 aliphatic rings. The van der Waals surface area contributed by atoms with E-state index >= 15 is 0 Å². The van der Waals surface area contributed by atoms with Crippen LogP contribution in [0.15, 0.2) is 30.4 Å². The van der Waals surface area contributed by atoms with E-state index in [9.17, 15) is 4.79 Å². The first kappa shape index (κ1) is 10.9. The fraction of sp³-hybridized carbons (Fsp3) is 0.357. The summed E-state index contributed by atoms with van der Waals surface area (Å²) in [6.07, 6.45) is 5.51. The molecule has 0 aromatic heterocycles. The molecule has 84 valence electrons. The molecule has 1 aromatic carbocycles. The van der Waals surface area contributed by atoms with Crippen molar-refractivity contribution < 1.29 is 4.79 Å². The van der Waals surface area contributed by atoms with E-state index in [2.05, 4.69) is 32.0 Å². The number of para-hydroxylation sites is 1. The maximum atomic E-state index is 11.8. The van der Waals surface area contributed by atoms with Gasteiger partial charge in [0.15, 0.2) is 0 Å². The minimum Gasteiger partial charge on any atom is -0.305 e. The second-order valence-electron chi connectivity index (χ2n) is 3.98. The van der Waals surface area contributed by atoms with Crippen LogP contribution in [0.4, 0.5) is 5.69 Å². The lowest BCUT2D eigenvalue weighted by atomic mass is 10.0. The number of aryl methyl sites for hydroxylation is 2. The zero-order valence-corrected chi connectivity index (χ0v) is 9.86. The summed E-state index contributed by atoms with van der Waals surface area (Å²) < 4.78 is 0. The van der Waals surface area contributed by atoms with Crippen LogP contribution in [0, 0.1) is 0 Å². The molecule has 0 bridgehead atoms. The molecule has 16 heavy (non-hydrogen) atoms. The Bertz CT molecular complexity index is 412. The van der Waals surface area contributed by atoms with Crippen LogP contribution in [0.25, 0.3) is 0 Å². The van der Waals surface area contributed by atoms with Gasteiger partial charge in [-0.1, -0.05) is 38.1 Å². The van der Waals surface area contributed by atoms with Crippen molar-refractivity contribution in [3.8, 4) is 0 Å². The lowest BCUT2D eigenvalue weighted by molar-refractivity contribution is -0.113. The Morgan fingerprint density at radius 1 is 1.19 bits per heavy atom. The molecule has 1 heterocycles. The highest BCUT2D eigenvalue weighted by Crippen LogP contribution is 2.28. The van der Waals surface area contributed by atoms with Gasteiger partial charge in [0.25, 0.3) is 5.91 Å². The van der Waals surface area contributed by atoms with E-state index in [1.807, 2.05) is 11.0 Å². The molecule has 0 unspecified atom stereocenters. The van der Waals surface area contributed by atoms with Crippen molar-refractivity contribution in [2.24, 2.45) is 0 Å². The number of amides is 1. The van der Waals surface area contributed by atoms with Gasteiger partial charge in [-0.15, -0.1) is 0 Å². The lowest BCUT2D eigenvalue weighted by Crippen LogP contribution is -2.26. The van der Waals surface area contributed by atoms with Gasteiger partial charge in [-0.3, -0.25) is 4.79 Å². The van der Waals surface area contributed by atoms with Gasteiger partial charge in [0.05, 0.1) is 5.69 Å². The van der Waals surface area contributed by atoms with E-state index in [1.54, 1.807) is 6.08 Å². The Morgan fingerprint density at radius 2 is 1.81 bits per heavy atom. The van der Waals surface area contributed by atoms with Crippen LogP contribution in [0.5, 0.6) is 0 Å². The minimum absolute atomic E-state index is 0.107. The second-order valence-corrected chi connectivity index (χ2v) is 3.98. The number of rotatable bonds is 3. The number of benzene rings is 1. The number of hydrogen-bond acceptors (Lipinski definition) is 1. The van der Waals surface area contributed by atoms with Crippen LogP contribution in [0.3, 0.4) is 0 Å². The zero-order valence-electron chi connectivity index (χ0n) is 9.86. The molecule has 2 nitrogen and oxygen atoms in total. The summed E-state index contributed by atoms with van der Waals surface area (Å²) in [7, 11) is 0. The van der Waals surface area contributed by atoms with Crippen LogP contribution in [0.2, 0.25) is 0 Å². The van der Waals surface area contributed by atoms with Gasteiger partial charge in [0, 0.05) is 12.6 Å². The van der Waals surface area contributed by atoms with E-state index in [4.69, 9.17) is 0 Å². The summed E-state index contributed by atoms with van der Waals surface area (Å²) in [6, 6.07) is 6.30. The first-order valence-electron chi connectivity index (χ1n) is 5.86. The van der Waals surface area contributed by atoms with Gasteiger partial charge >= 0.3 is 0 Å². The Kier molecular flexibility index (Phi) is 3.09. The molecule has 1 aliphatic heterocycles. The third-order valence-electron chi connectivity index (χ3n) is 3.05. The van der Waals surface area contributed by atoms with Crippen molar-refractivity contribution in [3.63, 3.8) is 0 Å². The first-order valence-corrected chi connectivity index (χ1v) is 5.86. The molecule has 2 heteroatoms. The van der Waals surface area contributed by atoms with Crippen LogP contribution < -0.4 is 4.90 Å². The summed E-state index contributed by atoms with van der Waals surface area (Å²) >= 11 is 0. The zero-order chi connectivity index (χ0) is 11.5. The minimum atomic E-state index is 0.107. The van der Waals surface area contributed by atoms with Gasteiger partial charge in [-0.05, 0) is 24.0 Å². The summed E-state index contributed by atoms with van der Waals surface area (Å²) in [5, 5.41) is 0. The first-order chi connectivity index (χ1) is 7.77. The van der Waals surface area contributed by atoms with E-state index in [1.165, 1.54) is 11.1 Å². The van der Waals surface area contributed by atoms with Crippen molar-refractivity contribution >= 4 is 11.6 Å². The fourth-order valence-corrected chi connectivity index (χ4v) is 2.20. The highest BCUT2D eigenvalue weighted by molar-refractivity contribution is 6.05. The lowest BCUT2D eigenvalue weighted by Gasteiger charge is -2.22. The van der Waals surface area contributed by atoms with E-state index in [-0.39, 0.29) is 5.91 Å². The molecule has 0 N–H and O–H groups in total. The predicted octanol–water partition coefficient (Wildman–Crippen LogP) is 2.71. The van der Waals surface area contributed by atoms with E-state index in [0.29, 0.717) is 6.54 Å². The third-order valence-corrected chi connectivity index (χ3v) is 3.05. The summed E-state index contributed by atoms with van der Waals surface area (Å²) in [6.45, 7) is 4.97. The highest BCUT2D eigenvalue weighted by Gasteiger charge is 2.21.